The highest BCUT2D eigenvalue weighted by molar-refractivity contribution is 8.01. The van der Waals surface area contributed by atoms with E-state index in [-0.39, 0.29) is 16.3 Å². The van der Waals surface area contributed by atoms with Crippen molar-refractivity contribution in [2.45, 2.75) is 64.7 Å². The maximum Gasteiger partial charge on any atom is 0.232 e. The molecule has 0 atom stereocenters. The molecule has 0 saturated heterocycles. The van der Waals surface area contributed by atoms with Crippen LogP contribution in [0.1, 0.15) is 54.4 Å². The highest BCUT2D eigenvalue weighted by Crippen LogP contribution is 2.25. The Labute approximate surface area is 148 Å². The summed E-state index contributed by atoms with van der Waals surface area (Å²) in [7, 11) is 4.02. The van der Waals surface area contributed by atoms with Crippen molar-refractivity contribution in [1.29, 1.82) is 0 Å². The maximum absolute atomic E-state index is 12.1. The minimum Gasteiger partial charge on any atom is -0.375 e. The molecular weight excluding hydrogens is 308 g/mol. The van der Waals surface area contributed by atoms with Crippen LogP contribution in [0.25, 0.3) is 0 Å². The van der Waals surface area contributed by atoms with Crippen molar-refractivity contribution >= 4 is 17.7 Å². The molecule has 0 aromatic carbocycles. The van der Waals surface area contributed by atoms with Crippen LogP contribution < -0.4 is 0 Å². The van der Waals surface area contributed by atoms with Crippen molar-refractivity contribution in [2.75, 3.05) is 46.1 Å². The van der Waals surface area contributed by atoms with Crippen LogP contribution in [0.15, 0.2) is 0 Å². The molecule has 4 nitrogen and oxygen atoms in total. The first-order chi connectivity index (χ1) is 10.5. The lowest BCUT2D eigenvalue weighted by Gasteiger charge is -2.31. The van der Waals surface area contributed by atoms with Crippen molar-refractivity contribution in [3.63, 3.8) is 0 Å². The van der Waals surface area contributed by atoms with Crippen molar-refractivity contribution in [3.8, 4) is 0 Å². The number of hydrogen-bond acceptors (Lipinski definition) is 4. The number of likely N-dealkylation sites (N-methyl/N-ethyl adjacent to an activating group) is 1. The Hall–Kier alpha value is -0.260. The average Bonchev–Trinajstić information content (AvgIpc) is 2.40. The summed E-state index contributed by atoms with van der Waals surface area (Å²) in [6, 6.07) is 0. The molecule has 0 aliphatic heterocycles. The largest absolute Gasteiger partial charge is 0.375 e. The third-order valence-electron chi connectivity index (χ3n) is 3.52. The fourth-order valence-electron chi connectivity index (χ4n) is 2.17. The fourth-order valence-corrected chi connectivity index (χ4v) is 3.22. The number of nitrogens with zero attached hydrogens (tertiary/aromatic N) is 2. The number of thioether (sulfide) groups is 1. The Morgan fingerprint density at radius 3 is 2.22 bits per heavy atom. The van der Waals surface area contributed by atoms with Gasteiger partial charge < -0.3 is 14.5 Å². The predicted octanol–water partition coefficient (Wildman–Crippen LogP) is 3.50. The molecule has 0 bridgehead atoms. The summed E-state index contributed by atoms with van der Waals surface area (Å²) in [5.41, 5.74) is -0.0827. The molecule has 0 fully saturated rings. The van der Waals surface area contributed by atoms with Gasteiger partial charge in [0, 0.05) is 31.4 Å². The molecule has 0 N–H and O–H groups in total. The lowest BCUT2D eigenvalue weighted by molar-refractivity contribution is -0.127. The number of rotatable bonds is 11. The first kappa shape index (κ1) is 22.7. The molecule has 1 amide bonds. The van der Waals surface area contributed by atoms with Gasteiger partial charge in [0.1, 0.15) is 0 Å². The topological polar surface area (TPSA) is 32.8 Å². The number of amides is 1. The normalized spacial score (nSPS) is 12.7. The van der Waals surface area contributed by atoms with Crippen molar-refractivity contribution in [3.05, 3.63) is 0 Å². The van der Waals surface area contributed by atoms with Gasteiger partial charge in [-0.05, 0) is 48.1 Å². The van der Waals surface area contributed by atoms with Crippen LogP contribution in [0.3, 0.4) is 0 Å². The molecule has 0 unspecified atom stereocenters. The number of carbonyl (C=O) groups is 1. The molecule has 0 aliphatic carbocycles. The second-order valence-corrected chi connectivity index (χ2v) is 9.60. The molecular formula is C18H38N2O2S. The van der Waals surface area contributed by atoms with Gasteiger partial charge in [-0.3, -0.25) is 4.79 Å². The molecule has 0 aromatic rings. The Morgan fingerprint density at radius 2 is 1.70 bits per heavy atom. The fraction of sp³-hybridized carbons (Fsp3) is 0.944. The summed E-state index contributed by atoms with van der Waals surface area (Å²) in [4.78, 5) is 16.3. The van der Waals surface area contributed by atoms with Crippen LogP contribution in [0.5, 0.6) is 0 Å². The van der Waals surface area contributed by atoms with E-state index >= 15 is 0 Å². The number of unbranched alkanes of at least 4 members (excludes halogenated alkanes) is 1. The number of ether oxygens (including phenoxy) is 1. The quantitative estimate of drug-likeness (QED) is 0.573. The Bertz CT molecular complexity index is 340. The molecule has 0 rings (SSSR count). The summed E-state index contributed by atoms with van der Waals surface area (Å²) in [5, 5.41) is 0. The van der Waals surface area contributed by atoms with E-state index in [0.717, 1.165) is 39.1 Å². The van der Waals surface area contributed by atoms with Gasteiger partial charge in [0.05, 0.1) is 18.0 Å². The van der Waals surface area contributed by atoms with Crippen molar-refractivity contribution in [2.24, 2.45) is 0 Å². The summed E-state index contributed by atoms with van der Waals surface area (Å²) < 4.78 is 5.83. The van der Waals surface area contributed by atoms with Gasteiger partial charge in [-0.2, -0.15) is 0 Å². The van der Waals surface area contributed by atoms with Crippen LogP contribution in [0, 0.1) is 0 Å². The molecule has 0 saturated carbocycles. The van der Waals surface area contributed by atoms with Crippen LogP contribution in [0.2, 0.25) is 0 Å². The van der Waals surface area contributed by atoms with Crippen LogP contribution >= 0.6 is 11.8 Å². The molecule has 0 heterocycles. The number of hydrogen-bond donors (Lipinski definition) is 0. The zero-order chi connectivity index (χ0) is 18.1. The summed E-state index contributed by atoms with van der Waals surface area (Å²) in [6.45, 7) is 16.2. The highest BCUT2D eigenvalue weighted by Gasteiger charge is 2.23. The third kappa shape index (κ3) is 12.8. The van der Waals surface area contributed by atoms with E-state index in [1.54, 1.807) is 11.8 Å². The lowest BCUT2D eigenvalue weighted by atomic mass is 10.2. The first-order valence-electron chi connectivity index (χ1n) is 8.67. The van der Waals surface area contributed by atoms with E-state index in [9.17, 15) is 4.79 Å². The molecule has 0 aliphatic rings. The first-order valence-corrected chi connectivity index (χ1v) is 9.66. The summed E-state index contributed by atoms with van der Waals surface area (Å²) >= 11 is 1.74. The van der Waals surface area contributed by atoms with Crippen molar-refractivity contribution in [1.82, 2.24) is 9.80 Å². The van der Waals surface area contributed by atoms with Crippen molar-refractivity contribution < 1.29 is 9.53 Å². The van der Waals surface area contributed by atoms with E-state index < -0.39 is 0 Å². The van der Waals surface area contributed by atoms with Crippen LogP contribution in [-0.4, -0.2) is 72.1 Å². The van der Waals surface area contributed by atoms with E-state index in [0.29, 0.717) is 5.75 Å². The monoisotopic (exact) mass is 346 g/mol. The second-order valence-electron chi connectivity index (χ2n) is 7.92. The molecule has 5 heteroatoms. The van der Waals surface area contributed by atoms with Gasteiger partial charge in [-0.1, -0.05) is 13.3 Å². The third-order valence-corrected chi connectivity index (χ3v) is 4.82. The molecule has 0 spiro atoms. The molecule has 23 heavy (non-hydrogen) atoms. The highest BCUT2D eigenvalue weighted by atomic mass is 32.2. The van der Waals surface area contributed by atoms with Gasteiger partial charge in [-0.25, -0.2) is 0 Å². The smallest absolute Gasteiger partial charge is 0.232 e. The Balaban J connectivity index is 4.09. The minimum atomic E-state index is -0.0827. The van der Waals surface area contributed by atoms with E-state index in [1.807, 2.05) is 11.9 Å². The standard InChI is InChI=1S/C18H38N2O2S/c1-9-10-11-20(8)16(21)14-23-18(5,6)15-19(7)12-13-22-17(2,3)4/h9-15H2,1-8H3. The van der Waals surface area contributed by atoms with E-state index in [2.05, 4.69) is 53.5 Å². The Kier molecular flexibility index (Phi) is 10.5. The van der Waals surface area contributed by atoms with Crippen LogP contribution in [0.4, 0.5) is 0 Å². The SMILES string of the molecule is CCCCN(C)C(=O)CSC(C)(C)CN(C)CCOC(C)(C)C. The zero-order valence-electron chi connectivity index (χ0n) is 16.6. The van der Waals surface area contributed by atoms with Gasteiger partial charge in [0.25, 0.3) is 0 Å². The van der Waals surface area contributed by atoms with Gasteiger partial charge in [0.15, 0.2) is 0 Å². The average molecular weight is 347 g/mol. The minimum absolute atomic E-state index is 0.0533. The molecule has 0 radical (unpaired) electrons. The van der Waals surface area contributed by atoms with Gasteiger partial charge in [-0.15, -0.1) is 11.8 Å². The second kappa shape index (κ2) is 10.6. The van der Waals surface area contributed by atoms with E-state index in [1.165, 1.54) is 0 Å². The van der Waals surface area contributed by atoms with Gasteiger partial charge in [0.2, 0.25) is 5.91 Å². The molecule has 0 aromatic heterocycles. The summed E-state index contributed by atoms with van der Waals surface area (Å²) in [6.07, 6.45) is 2.20. The number of carbonyl (C=O) groups excluding carboxylic acids is 1. The predicted molar refractivity (Wildman–Crippen MR) is 102 cm³/mol. The molecule has 138 valence electrons. The maximum atomic E-state index is 12.1. The Morgan fingerprint density at radius 1 is 1.09 bits per heavy atom. The lowest BCUT2D eigenvalue weighted by Crippen LogP contribution is -2.38. The van der Waals surface area contributed by atoms with Crippen LogP contribution in [-0.2, 0) is 9.53 Å². The van der Waals surface area contributed by atoms with E-state index in [4.69, 9.17) is 4.74 Å². The summed E-state index contributed by atoms with van der Waals surface area (Å²) in [5.74, 6) is 0.787. The van der Waals surface area contributed by atoms with Gasteiger partial charge >= 0.3 is 0 Å². The zero-order valence-corrected chi connectivity index (χ0v) is 17.4.